The topological polar surface area (TPSA) is 55.1 Å². The number of amides is 1. The van der Waals surface area contributed by atoms with Crippen molar-refractivity contribution in [3.8, 4) is 0 Å². The van der Waals surface area contributed by atoms with Gasteiger partial charge in [-0.1, -0.05) is 23.7 Å². The van der Waals surface area contributed by atoms with E-state index >= 15 is 0 Å². The molecule has 4 heteroatoms. The van der Waals surface area contributed by atoms with Gasteiger partial charge in [-0.15, -0.1) is 0 Å². The monoisotopic (exact) mass is 254 g/mol. The van der Waals surface area contributed by atoms with E-state index in [-0.39, 0.29) is 11.4 Å². The van der Waals surface area contributed by atoms with Crippen LogP contribution in [-0.2, 0) is 11.3 Å². The van der Waals surface area contributed by atoms with Crippen LogP contribution in [0.2, 0.25) is 5.02 Å². The number of benzene rings is 1. The fourth-order valence-electron chi connectivity index (χ4n) is 1.59. The fourth-order valence-corrected chi connectivity index (χ4v) is 1.79. The van der Waals surface area contributed by atoms with E-state index in [4.69, 9.17) is 17.3 Å². The van der Waals surface area contributed by atoms with Crippen LogP contribution in [0, 0.1) is 6.92 Å². The Morgan fingerprint density at radius 2 is 2.12 bits per heavy atom. The average Bonchev–Trinajstić information content (AvgIpc) is 2.18. The predicted octanol–water partition coefficient (Wildman–Crippen LogP) is 2.39. The second-order valence-corrected chi connectivity index (χ2v) is 5.37. The summed E-state index contributed by atoms with van der Waals surface area (Å²) in [5.41, 5.74) is 7.05. The lowest BCUT2D eigenvalue weighted by Gasteiger charge is -2.25. The zero-order chi connectivity index (χ0) is 13.1. The minimum absolute atomic E-state index is 0.301. The molecule has 1 aromatic rings. The number of carbonyl (C=O) groups excluding carboxylic acids is 1. The maximum atomic E-state index is 10.9. The fraction of sp³-hybridized carbons (Fsp3) is 0.462. The van der Waals surface area contributed by atoms with Crippen LogP contribution in [0.1, 0.15) is 31.4 Å². The Labute approximate surface area is 107 Å². The molecule has 3 N–H and O–H groups in total. The summed E-state index contributed by atoms with van der Waals surface area (Å²) < 4.78 is 0. The summed E-state index contributed by atoms with van der Waals surface area (Å²) in [6.07, 6.45) is 0.312. The number of hydrogen-bond acceptors (Lipinski definition) is 2. The number of nitrogens with two attached hydrogens (primary N) is 1. The molecule has 1 aromatic carbocycles. The molecule has 3 nitrogen and oxygen atoms in total. The van der Waals surface area contributed by atoms with Crippen LogP contribution in [0.25, 0.3) is 0 Å². The summed E-state index contributed by atoms with van der Waals surface area (Å²) in [4.78, 5) is 10.9. The van der Waals surface area contributed by atoms with E-state index in [1.165, 1.54) is 0 Å². The van der Waals surface area contributed by atoms with E-state index in [0.29, 0.717) is 13.0 Å². The van der Waals surface area contributed by atoms with E-state index in [2.05, 4.69) is 5.32 Å². The number of hydrogen-bond donors (Lipinski definition) is 2. The first kappa shape index (κ1) is 14.0. The number of nitrogens with one attached hydrogen (secondary N) is 1. The summed E-state index contributed by atoms with van der Waals surface area (Å²) in [7, 11) is 0. The number of halogens is 1. The van der Waals surface area contributed by atoms with Crippen molar-refractivity contribution in [2.75, 3.05) is 0 Å². The van der Waals surface area contributed by atoms with Gasteiger partial charge in [0.15, 0.2) is 0 Å². The number of carbonyl (C=O) groups is 1. The third-order valence-corrected chi connectivity index (χ3v) is 3.03. The van der Waals surface area contributed by atoms with Crippen molar-refractivity contribution in [2.45, 2.75) is 39.3 Å². The third kappa shape index (κ3) is 4.75. The molecule has 17 heavy (non-hydrogen) atoms. The van der Waals surface area contributed by atoms with Gasteiger partial charge < -0.3 is 11.1 Å². The van der Waals surface area contributed by atoms with Gasteiger partial charge in [-0.05, 0) is 38.0 Å². The van der Waals surface area contributed by atoms with Crippen molar-refractivity contribution in [2.24, 2.45) is 5.73 Å². The number of rotatable bonds is 5. The Bertz CT molecular complexity index is 416. The normalized spacial score (nSPS) is 11.5. The molecule has 0 fully saturated rings. The first-order valence-electron chi connectivity index (χ1n) is 5.58. The number of aryl methyl sites for hydroxylation is 1. The molecule has 0 aliphatic rings. The van der Waals surface area contributed by atoms with Crippen molar-refractivity contribution >= 4 is 17.5 Å². The summed E-state index contributed by atoms with van der Waals surface area (Å²) >= 11 is 6.05. The molecule has 0 spiro atoms. The zero-order valence-electron chi connectivity index (χ0n) is 10.5. The molecule has 0 heterocycles. The molecule has 0 radical (unpaired) electrons. The summed E-state index contributed by atoms with van der Waals surface area (Å²) in [6, 6.07) is 5.94. The molecular weight excluding hydrogens is 236 g/mol. The highest BCUT2D eigenvalue weighted by Crippen LogP contribution is 2.17. The molecule has 0 atom stereocenters. The quantitative estimate of drug-likeness (QED) is 0.848. The van der Waals surface area contributed by atoms with Gasteiger partial charge in [-0.2, -0.15) is 0 Å². The van der Waals surface area contributed by atoms with Crippen LogP contribution in [0.3, 0.4) is 0 Å². The molecule has 0 saturated heterocycles. The lowest BCUT2D eigenvalue weighted by molar-refractivity contribution is -0.119. The Kier molecular flexibility index (Phi) is 4.54. The van der Waals surface area contributed by atoms with E-state index in [9.17, 15) is 4.79 Å². The van der Waals surface area contributed by atoms with Crippen molar-refractivity contribution in [3.05, 3.63) is 34.3 Å². The maximum absolute atomic E-state index is 10.9. The Balaban J connectivity index is 2.60. The Morgan fingerprint density at radius 3 is 2.65 bits per heavy atom. The first-order valence-corrected chi connectivity index (χ1v) is 5.96. The SMILES string of the molecule is Cc1ccc(CNC(C)(C)CC(N)=O)cc1Cl. The van der Waals surface area contributed by atoms with Gasteiger partial charge in [-0.25, -0.2) is 0 Å². The minimum Gasteiger partial charge on any atom is -0.370 e. The van der Waals surface area contributed by atoms with E-state index in [0.717, 1.165) is 16.1 Å². The van der Waals surface area contributed by atoms with Crippen LogP contribution >= 0.6 is 11.6 Å². The summed E-state index contributed by atoms with van der Waals surface area (Å²) in [5, 5.41) is 4.05. The van der Waals surface area contributed by atoms with Gasteiger partial charge in [0.25, 0.3) is 0 Å². The van der Waals surface area contributed by atoms with Crippen LogP contribution in [-0.4, -0.2) is 11.4 Å². The molecule has 0 unspecified atom stereocenters. The lowest BCUT2D eigenvalue weighted by atomic mass is 10.00. The van der Waals surface area contributed by atoms with E-state index < -0.39 is 0 Å². The van der Waals surface area contributed by atoms with Gasteiger partial charge in [0, 0.05) is 23.5 Å². The van der Waals surface area contributed by atoms with Gasteiger partial charge in [0.05, 0.1) is 0 Å². The third-order valence-electron chi connectivity index (χ3n) is 2.62. The second-order valence-electron chi connectivity index (χ2n) is 4.96. The molecule has 94 valence electrons. The van der Waals surface area contributed by atoms with E-state index in [1.54, 1.807) is 0 Å². The molecule has 1 amide bonds. The standard InChI is InChI=1S/C13H19ClN2O/c1-9-4-5-10(6-11(9)14)8-16-13(2,3)7-12(15)17/h4-6,16H,7-8H2,1-3H3,(H2,15,17). The first-order chi connectivity index (χ1) is 7.80. The molecule has 0 aliphatic carbocycles. The highest BCUT2D eigenvalue weighted by Gasteiger charge is 2.19. The summed E-state index contributed by atoms with van der Waals surface area (Å²) in [6.45, 7) is 6.54. The maximum Gasteiger partial charge on any atom is 0.219 e. The Hall–Kier alpha value is -1.06. The molecule has 0 aromatic heterocycles. The van der Waals surface area contributed by atoms with E-state index in [1.807, 2.05) is 39.0 Å². The van der Waals surface area contributed by atoms with Gasteiger partial charge in [-0.3, -0.25) is 4.79 Å². The minimum atomic E-state index is -0.302. The van der Waals surface area contributed by atoms with Crippen molar-refractivity contribution in [1.29, 1.82) is 0 Å². The second kappa shape index (κ2) is 5.52. The van der Waals surface area contributed by atoms with Gasteiger partial charge in [0.1, 0.15) is 0 Å². The molecule has 0 saturated carbocycles. The van der Waals surface area contributed by atoms with Crippen LogP contribution < -0.4 is 11.1 Å². The van der Waals surface area contributed by atoms with Gasteiger partial charge in [0.2, 0.25) is 5.91 Å². The molecule has 1 rings (SSSR count). The van der Waals surface area contributed by atoms with Crippen molar-refractivity contribution in [3.63, 3.8) is 0 Å². The lowest BCUT2D eigenvalue weighted by Crippen LogP contribution is -2.42. The molecule has 0 aliphatic heterocycles. The average molecular weight is 255 g/mol. The highest BCUT2D eigenvalue weighted by atomic mass is 35.5. The van der Waals surface area contributed by atoms with Crippen LogP contribution in [0.5, 0.6) is 0 Å². The van der Waals surface area contributed by atoms with Crippen LogP contribution in [0.4, 0.5) is 0 Å². The Morgan fingerprint density at radius 1 is 1.47 bits per heavy atom. The molecule has 0 bridgehead atoms. The highest BCUT2D eigenvalue weighted by molar-refractivity contribution is 6.31. The van der Waals surface area contributed by atoms with Crippen molar-refractivity contribution in [1.82, 2.24) is 5.32 Å². The van der Waals surface area contributed by atoms with Crippen molar-refractivity contribution < 1.29 is 4.79 Å². The smallest absolute Gasteiger partial charge is 0.219 e. The zero-order valence-corrected chi connectivity index (χ0v) is 11.3. The largest absolute Gasteiger partial charge is 0.370 e. The predicted molar refractivity (Wildman–Crippen MR) is 70.9 cm³/mol. The summed E-state index contributed by atoms with van der Waals surface area (Å²) in [5.74, 6) is -0.301. The molecular formula is C13H19ClN2O. The van der Waals surface area contributed by atoms with Gasteiger partial charge >= 0.3 is 0 Å². The van der Waals surface area contributed by atoms with Crippen LogP contribution in [0.15, 0.2) is 18.2 Å². The number of primary amides is 1.